The topological polar surface area (TPSA) is 44.8 Å². The molecule has 0 radical (unpaired) electrons. The van der Waals surface area contributed by atoms with Crippen LogP contribution in [0.15, 0.2) is 0 Å². The van der Waals surface area contributed by atoms with E-state index in [9.17, 15) is 4.79 Å². The van der Waals surface area contributed by atoms with E-state index in [0.29, 0.717) is 13.0 Å². The Balaban J connectivity index is 2.80. The Bertz CT molecular complexity index is 398. The summed E-state index contributed by atoms with van der Waals surface area (Å²) in [6, 6.07) is 0. The molecule has 1 fully saturated rings. The normalized spacial score (nSPS) is 27.0. The van der Waals surface area contributed by atoms with Gasteiger partial charge in [0.1, 0.15) is 11.9 Å². The molecule has 0 aromatic carbocycles. The highest BCUT2D eigenvalue weighted by atomic mass is 28.4. The monoisotopic (exact) mass is 330 g/mol. The molecule has 22 heavy (non-hydrogen) atoms. The van der Waals surface area contributed by atoms with Gasteiger partial charge in [0.2, 0.25) is 0 Å². The van der Waals surface area contributed by atoms with Gasteiger partial charge in [-0.25, -0.2) is 0 Å². The molecule has 0 aromatic rings. The summed E-state index contributed by atoms with van der Waals surface area (Å²) >= 11 is 0. The zero-order chi connectivity index (χ0) is 17.3. The minimum atomic E-state index is -1.84. The zero-order valence-corrected chi connectivity index (χ0v) is 16.8. The number of Topliss-reactive ketones (excluding diaryl/α,β-unsaturated/α-hetero) is 1. The smallest absolute Gasteiger partial charge is 0.192 e. The largest absolute Gasteiger partial charge is 0.414 e. The van der Waals surface area contributed by atoms with Crippen LogP contribution in [-0.2, 0) is 18.7 Å². The number of hydrogen-bond acceptors (Lipinski definition) is 4. The average molecular weight is 331 g/mol. The predicted octanol–water partition coefficient (Wildman–Crippen LogP) is 4.14. The van der Waals surface area contributed by atoms with E-state index in [1.807, 2.05) is 27.7 Å². The molecule has 0 amide bonds. The highest BCUT2D eigenvalue weighted by molar-refractivity contribution is 6.74. The molecule has 0 saturated carbocycles. The first-order chi connectivity index (χ1) is 9.81. The summed E-state index contributed by atoms with van der Waals surface area (Å²) in [5, 5.41) is 0.155. The van der Waals surface area contributed by atoms with Crippen molar-refractivity contribution in [3.8, 4) is 0 Å². The molecule has 1 aliphatic heterocycles. The number of ketones is 1. The third-order valence-electron chi connectivity index (χ3n) is 4.99. The van der Waals surface area contributed by atoms with Crippen LogP contribution in [0.1, 0.15) is 54.9 Å². The summed E-state index contributed by atoms with van der Waals surface area (Å²) in [5.74, 6) is -0.613. The third kappa shape index (κ3) is 4.63. The molecule has 0 aromatic heterocycles. The highest BCUT2D eigenvalue weighted by Crippen LogP contribution is 2.38. The first-order valence-corrected chi connectivity index (χ1v) is 11.2. The lowest BCUT2D eigenvalue weighted by atomic mass is 9.94. The minimum absolute atomic E-state index is 0.155. The second kappa shape index (κ2) is 6.71. The van der Waals surface area contributed by atoms with Crippen molar-refractivity contribution in [2.75, 3.05) is 6.61 Å². The van der Waals surface area contributed by atoms with Gasteiger partial charge < -0.3 is 13.9 Å². The van der Waals surface area contributed by atoms with Gasteiger partial charge in [-0.05, 0) is 32.0 Å². The van der Waals surface area contributed by atoms with Crippen LogP contribution in [0, 0.1) is 5.92 Å². The van der Waals surface area contributed by atoms with Gasteiger partial charge >= 0.3 is 0 Å². The summed E-state index contributed by atoms with van der Waals surface area (Å²) < 4.78 is 18.3. The zero-order valence-electron chi connectivity index (χ0n) is 15.8. The van der Waals surface area contributed by atoms with Crippen molar-refractivity contribution in [2.24, 2.45) is 5.92 Å². The predicted molar refractivity (Wildman–Crippen MR) is 91.4 cm³/mol. The summed E-state index contributed by atoms with van der Waals surface area (Å²) in [4.78, 5) is 12.0. The maximum atomic E-state index is 12.0. The van der Waals surface area contributed by atoms with E-state index in [1.165, 1.54) is 0 Å². The van der Waals surface area contributed by atoms with E-state index in [4.69, 9.17) is 13.9 Å². The highest BCUT2D eigenvalue weighted by Gasteiger charge is 2.47. The van der Waals surface area contributed by atoms with Gasteiger partial charge in [-0.2, -0.15) is 0 Å². The first kappa shape index (κ1) is 19.8. The van der Waals surface area contributed by atoms with E-state index in [-0.39, 0.29) is 28.9 Å². The molecule has 1 saturated heterocycles. The molecular formula is C17H34O4Si. The Kier molecular flexibility index (Phi) is 6.05. The Morgan fingerprint density at radius 2 is 1.82 bits per heavy atom. The Morgan fingerprint density at radius 3 is 2.27 bits per heavy atom. The van der Waals surface area contributed by atoms with Crippen molar-refractivity contribution < 1.29 is 18.7 Å². The maximum Gasteiger partial charge on any atom is 0.192 e. The second-order valence-corrected chi connectivity index (χ2v) is 13.1. The van der Waals surface area contributed by atoms with E-state index in [2.05, 4.69) is 33.9 Å². The molecule has 5 heteroatoms. The third-order valence-corrected chi connectivity index (χ3v) is 9.49. The summed E-state index contributed by atoms with van der Waals surface area (Å²) in [5.41, 5.74) is 0. The van der Waals surface area contributed by atoms with Gasteiger partial charge in [0.05, 0.1) is 12.7 Å². The Hall–Kier alpha value is -0.233. The van der Waals surface area contributed by atoms with Crippen molar-refractivity contribution in [3.63, 3.8) is 0 Å². The molecule has 1 rings (SSSR count). The molecule has 0 N–H and O–H groups in total. The van der Waals surface area contributed by atoms with Crippen LogP contribution in [0.5, 0.6) is 0 Å². The Morgan fingerprint density at radius 1 is 1.27 bits per heavy atom. The van der Waals surface area contributed by atoms with Crippen LogP contribution in [0.3, 0.4) is 0 Å². The van der Waals surface area contributed by atoms with E-state index in [0.717, 1.165) is 0 Å². The van der Waals surface area contributed by atoms with Gasteiger partial charge in [-0.1, -0.05) is 34.6 Å². The molecule has 0 spiro atoms. The minimum Gasteiger partial charge on any atom is -0.414 e. The van der Waals surface area contributed by atoms with Crippen LogP contribution in [0.25, 0.3) is 0 Å². The lowest BCUT2D eigenvalue weighted by molar-refractivity contribution is -0.154. The summed E-state index contributed by atoms with van der Waals surface area (Å²) in [7, 11) is -1.84. The standard InChI is InChI=1S/C17H34O4Si/c1-10-13(18)12(2)15-14(20-17(6,7)21-15)11-19-22(8,9)16(3,4)5/h12,14-15H,10-11H2,1-9H3/t12-,14-,15+/m0/s1. The van der Waals surface area contributed by atoms with Crippen LogP contribution in [-0.4, -0.2) is 38.7 Å². The van der Waals surface area contributed by atoms with Crippen LogP contribution >= 0.6 is 0 Å². The van der Waals surface area contributed by atoms with Crippen molar-refractivity contribution >= 4 is 14.1 Å². The van der Waals surface area contributed by atoms with Crippen LogP contribution in [0.4, 0.5) is 0 Å². The summed E-state index contributed by atoms with van der Waals surface area (Å²) in [6.45, 7) is 19.2. The second-order valence-electron chi connectivity index (χ2n) is 8.32. The number of carbonyl (C=O) groups is 1. The van der Waals surface area contributed by atoms with Gasteiger partial charge in [0, 0.05) is 12.3 Å². The molecule has 0 unspecified atom stereocenters. The molecule has 4 nitrogen and oxygen atoms in total. The fourth-order valence-corrected chi connectivity index (χ4v) is 3.44. The molecule has 130 valence electrons. The van der Waals surface area contributed by atoms with Crippen molar-refractivity contribution in [2.45, 2.75) is 91.0 Å². The lowest BCUT2D eigenvalue weighted by Crippen LogP contribution is -2.45. The van der Waals surface area contributed by atoms with Gasteiger partial charge in [-0.15, -0.1) is 0 Å². The Labute approximate surface area is 137 Å². The van der Waals surface area contributed by atoms with Crippen LogP contribution in [0.2, 0.25) is 18.1 Å². The van der Waals surface area contributed by atoms with Crippen molar-refractivity contribution in [3.05, 3.63) is 0 Å². The fourth-order valence-electron chi connectivity index (χ4n) is 2.43. The van der Waals surface area contributed by atoms with Gasteiger partial charge in [0.15, 0.2) is 14.1 Å². The number of rotatable bonds is 6. The molecule has 1 heterocycles. The van der Waals surface area contributed by atoms with E-state index >= 15 is 0 Å². The quantitative estimate of drug-likeness (QED) is 0.687. The molecule has 0 bridgehead atoms. The van der Waals surface area contributed by atoms with E-state index in [1.54, 1.807) is 0 Å². The first-order valence-electron chi connectivity index (χ1n) is 8.33. The maximum absolute atomic E-state index is 12.0. The molecular weight excluding hydrogens is 296 g/mol. The summed E-state index contributed by atoms with van der Waals surface area (Å²) in [6.07, 6.45) is 0.110. The molecule has 1 aliphatic rings. The fraction of sp³-hybridized carbons (Fsp3) is 0.941. The number of ether oxygens (including phenoxy) is 2. The number of carbonyl (C=O) groups excluding carboxylic acids is 1. The van der Waals surface area contributed by atoms with Gasteiger partial charge in [0.25, 0.3) is 0 Å². The average Bonchev–Trinajstić information content (AvgIpc) is 2.68. The van der Waals surface area contributed by atoms with Gasteiger partial charge in [-0.3, -0.25) is 4.79 Å². The SMILES string of the molecule is CCC(=O)[C@H](C)[C@H]1OC(C)(C)O[C@H]1CO[Si](C)(C)C(C)(C)C. The van der Waals surface area contributed by atoms with E-state index < -0.39 is 14.1 Å². The molecule has 0 aliphatic carbocycles. The van der Waals surface area contributed by atoms with Crippen LogP contribution < -0.4 is 0 Å². The number of hydrogen-bond donors (Lipinski definition) is 0. The van der Waals surface area contributed by atoms with Crippen molar-refractivity contribution in [1.82, 2.24) is 0 Å². The van der Waals surface area contributed by atoms with Crippen molar-refractivity contribution in [1.29, 1.82) is 0 Å². The molecule has 3 atom stereocenters. The lowest BCUT2D eigenvalue weighted by Gasteiger charge is -2.37.